The lowest BCUT2D eigenvalue weighted by Crippen LogP contribution is -2.03. The molecule has 1 N–H and O–H groups in total. The Morgan fingerprint density at radius 1 is 1.43 bits per heavy atom. The predicted octanol–water partition coefficient (Wildman–Crippen LogP) is 1.76. The molecule has 0 unspecified atom stereocenters. The fourth-order valence-corrected chi connectivity index (χ4v) is 1.08. The van der Waals surface area contributed by atoms with E-state index in [-0.39, 0.29) is 12.0 Å². The maximum absolute atomic E-state index is 10.7. The van der Waals surface area contributed by atoms with Crippen molar-refractivity contribution in [1.82, 2.24) is 0 Å². The second kappa shape index (κ2) is 4.83. The van der Waals surface area contributed by atoms with Crippen molar-refractivity contribution in [1.29, 1.82) is 5.26 Å². The first-order valence-electron chi connectivity index (χ1n) is 4.10. The first-order valence-corrected chi connectivity index (χ1v) is 4.10. The molecule has 1 rings (SSSR count). The standard InChI is InChI=1S/C11H9NO2/c12-7-6-10(11(13)14)8-9-4-2-1-3-5-9/h1-6H,8H2,(H,13,14). The number of nitrogens with zero attached hydrogens (tertiary/aromatic N) is 1. The second-order valence-electron chi connectivity index (χ2n) is 2.77. The van der Waals surface area contributed by atoms with Crippen LogP contribution in [0.2, 0.25) is 0 Å². The van der Waals surface area contributed by atoms with Crippen LogP contribution in [0, 0.1) is 11.3 Å². The Morgan fingerprint density at radius 3 is 2.57 bits per heavy atom. The maximum Gasteiger partial charge on any atom is 0.332 e. The van der Waals surface area contributed by atoms with Crippen molar-refractivity contribution in [3.8, 4) is 6.07 Å². The smallest absolute Gasteiger partial charge is 0.332 e. The Hall–Kier alpha value is -2.08. The molecule has 70 valence electrons. The quantitative estimate of drug-likeness (QED) is 0.579. The average molecular weight is 187 g/mol. The van der Waals surface area contributed by atoms with Gasteiger partial charge in [-0.2, -0.15) is 5.26 Å². The topological polar surface area (TPSA) is 61.1 Å². The summed E-state index contributed by atoms with van der Waals surface area (Å²) in [5.41, 5.74) is 0.995. The third kappa shape index (κ3) is 2.76. The fraction of sp³-hybridized carbons (Fsp3) is 0.0909. The van der Waals surface area contributed by atoms with Crippen LogP contribution in [0.3, 0.4) is 0 Å². The molecule has 1 aromatic carbocycles. The van der Waals surface area contributed by atoms with Crippen molar-refractivity contribution in [2.75, 3.05) is 0 Å². The Kier molecular flexibility index (Phi) is 3.45. The molecule has 0 radical (unpaired) electrons. The number of rotatable bonds is 3. The minimum absolute atomic E-state index is 0.110. The zero-order valence-corrected chi connectivity index (χ0v) is 7.47. The van der Waals surface area contributed by atoms with Crippen LogP contribution in [-0.4, -0.2) is 11.1 Å². The van der Waals surface area contributed by atoms with Crippen LogP contribution in [0.4, 0.5) is 0 Å². The predicted molar refractivity (Wildman–Crippen MR) is 51.5 cm³/mol. The number of hydrogen-bond acceptors (Lipinski definition) is 2. The summed E-state index contributed by atoms with van der Waals surface area (Å²) in [6.45, 7) is 0. The van der Waals surface area contributed by atoms with Crippen LogP contribution in [0.25, 0.3) is 0 Å². The van der Waals surface area contributed by atoms with Crippen LogP contribution in [0.1, 0.15) is 5.56 Å². The molecule has 14 heavy (non-hydrogen) atoms. The summed E-state index contributed by atoms with van der Waals surface area (Å²) < 4.78 is 0. The molecule has 0 saturated carbocycles. The lowest BCUT2D eigenvalue weighted by atomic mass is 10.1. The minimum atomic E-state index is -1.05. The zero-order valence-electron chi connectivity index (χ0n) is 7.47. The largest absolute Gasteiger partial charge is 0.478 e. The van der Waals surface area contributed by atoms with Crippen molar-refractivity contribution in [2.24, 2.45) is 0 Å². The van der Waals surface area contributed by atoms with Gasteiger partial charge in [-0.25, -0.2) is 4.79 Å². The van der Waals surface area contributed by atoms with E-state index < -0.39 is 5.97 Å². The van der Waals surface area contributed by atoms with Gasteiger partial charge in [0.15, 0.2) is 0 Å². The van der Waals surface area contributed by atoms with E-state index in [1.165, 1.54) is 0 Å². The van der Waals surface area contributed by atoms with Gasteiger partial charge < -0.3 is 5.11 Å². The number of carboxylic acids is 1. The number of carbonyl (C=O) groups is 1. The molecule has 0 saturated heterocycles. The Morgan fingerprint density at radius 2 is 2.07 bits per heavy atom. The molecule has 0 aromatic heterocycles. The highest BCUT2D eigenvalue weighted by molar-refractivity contribution is 5.87. The molecule has 0 bridgehead atoms. The molecule has 0 heterocycles. The number of nitriles is 1. The molecule has 0 fully saturated rings. The Balaban J connectivity index is 2.82. The summed E-state index contributed by atoms with van der Waals surface area (Å²) in [5, 5.41) is 17.1. The summed E-state index contributed by atoms with van der Waals surface area (Å²) in [4.78, 5) is 10.7. The molecular formula is C11H9NO2. The van der Waals surface area contributed by atoms with Crippen LogP contribution < -0.4 is 0 Å². The van der Waals surface area contributed by atoms with Crippen molar-refractivity contribution >= 4 is 5.97 Å². The summed E-state index contributed by atoms with van der Waals surface area (Å²) in [6.07, 6.45) is 1.35. The summed E-state index contributed by atoms with van der Waals surface area (Å²) in [5.74, 6) is -1.05. The van der Waals surface area contributed by atoms with Crippen molar-refractivity contribution in [2.45, 2.75) is 6.42 Å². The van der Waals surface area contributed by atoms with Crippen LogP contribution >= 0.6 is 0 Å². The minimum Gasteiger partial charge on any atom is -0.478 e. The molecule has 0 aliphatic rings. The molecule has 3 heteroatoms. The van der Waals surface area contributed by atoms with E-state index in [0.717, 1.165) is 11.6 Å². The molecule has 0 amide bonds. The average Bonchev–Trinajstić information content (AvgIpc) is 2.18. The van der Waals surface area contributed by atoms with Gasteiger partial charge in [0.1, 0.15) is 0 Å². The van der Waals surface area contributed by atoms with E-state index in [1.807, 2.05) is 30.3 Å². The number of carboxylic acid groups (broad SMARTS) is 1. The van der Waals surface area contributed by atoms with Gasteiger partial charge in [0.25, 0.3) is 0 Å². The summed E-state index contributed by atoms with van der Waals surface area (Å²) in [7, 11) is 0. The van der Waals surface area contributed by atoms with Gasteiger partial charge in [0.2, 0.25) is 0 Å². The monoisotopic (exact) mass is 187 g/mol. The van der Waals surface area contributed by atoms with Gasteiger partial charge in [-0.1, -0.05) is 30.3 Å². The third-order valence-electron chi connectivity index (χ3n) is 1.75. The second-order valence-corrected chi connectivity index (χ2v) is 2.77. The molecule has 0 aliphatic carbocycles. The Bertz CT molecular complexity index is 387. The molecule has 3 nitrogen and oxygen atoms in total. The van der Waals surface area contributed by atoms with Gasteiger partial charge in [-0.3, -0.25) is 0 Å². The molecule has 0 atom stereocenters. The number of benzene rings is 1. The molecule has 1 aromatic rings. The highest BCUT2D eigenvalue weighted by Gasteiger charge is 2.07. The fourth-order valence-electron chi connectivity index (χ4n) is 1.08. The van der Waals surface area contributed by atoms with Crippen molar-refractivity contribution in [3.05, 3.63) is 47.5 Å². The highest BCUT2D eigenvalue weighted by atomic mass is 16.4. The summed E-state index contributed by atoms with van der Waals surface area (Å²) in [6, 6.07) is 10.9. The van der Waals surface area contributed by atoms with E-state index in [0.29, 0.717) is 0 Å². The Labute approximate surface area is 81.9 Å². The molecule has 0 aliphatic heterocycles. The number of hydrogen-bond donors (Lipinski definition) is 1. The van der Waals surface area contributed by atoms with E-state index in [4.69, 9.17) is 10.4 Å². The van der Waals surface area contributed by atoms with E-state index in [1.54, 1.807) is 6.07 Å². The van der Waals surface area contributed by atoms with E-state index >= 15 is 0 Å². The van der Waals surface area contributed by atoms with Crippen LogP contribution in [-0.2, 0) is 11.2 Å². The van der Waals surface area contributed by atoms with Crippen LogP contribution in [0.15, 0.2) is 42.0 Å². The number of allylic oxidation sites excluding steroid dienone is 1. The zero-order chi connectivity index (χ0) is 10.4. The van der Waals surface area contributed by atoms with Gasteiger partial charge in [0.05, 0.1) is 11.6 Å². The van der Waals surface area contributed by atoms with Crippen LogP contribution in [0.5, 0.6) is 0 Å². The lowest BCUT2D eigenvalue weighted by molar-refractivity contribution is -0.132. The lowest BCUT2D eigenvalue weighted by Gasteiger charge is -2.00. The van der Waals surface area contributed by atoms with Crippen molar-refractivity contribution in [3.63, 3.8) is 0 Å². The van der Waals surface area contributed by atoms with Gasteiger partial charge in [-0.15, -0.1) is 0 Å². The van der Waals surface area contributed by atoms with Gasteiger partial charge in [-0.05, 0) is 5.56 Å². The molecular weight excluding hydrogens is 178 g/mol. The first-order chi connectivity index (χ1) is 6.74. The van der Waals surface area contributed by atoms with E-state index in [9.17, 15) is 4.79 Å². The van der Waals surface area contributed by atoms with Gasteiger partial charge in [0, 0.05) is 12.5 Å². The van der Waals surface area contributed by atoms with Gasteiger partial charge >= 0.3 is 5.97 Å². The normalized spacial score (nSPS) is 10.6. The SMILES string of the molecule is N#CC=C(Cc1ccccc1)C(=O)O. The summed E-state index contributed by atoms with van der Waals surface area (Å²) >= 11 is 0. The highest BCUT2D eigenvalue weighted by Crippen LogP contribution is 2.07. The van der Waals surface area contributed by atoms with E-state index in [2.05, 4.69) is 0 Å². The molecule has 0 spiro atoms. The van der Waals surface area contributed by atoms with Crippen molar-refractivity contribution < 1.29 is 9.90 Å². The third-order valence-corrected chi connectivity index (χ3v) is 1.75. The number of aliphatic carboxylic acids is 1. The first kappa shape index (κ1) is 10.0. The maximum atomic E-state index is 10.7.